The summed E-state index contributed by atoms with van der Waals surface area (Å²) in [6, 6.07) is 9.04. The number of ether oxygens (including phenoxy) is 2. The summed E-state index contributed by atoms with van der Waals surface area (Å²) in [6.45, 7) is 3.73. The van der Waals surface area contributed by atoms with E-state index in [1.807, 2.05) is 13.8 Å². The molecule has 2 aromatic carbocycles. The molecule has 1 aromatic heterocycles. The number of benzene rings is 2. The molecule has 3 rings (SSSR count). The number of esters is 1. The number of halogens is 1. The lowest BCUT2D eigenvalue weighted by Crippen LogP contribution is -2.18. The maximum absolute atomic E-state index is 13.3. The molecule has 1 N–H and O–H groups in total. The molecule has 29 heavy (non-hydrogen) atoms. The van der Waals surface area contributed by atoms with Crippen LogP contribution in [0.15, 0.2) is 40.8 Å². The van der Waals surface area contributed by atoms with Gasteiger partial charge in [0, 0.05) is 23.6 Å². The summed E-state index contributed by atoms with van der Waals surface area (Å²) in [5.41, 5.74) is 1.87. The van der Waals surface area contributed by atoms with Crippen molar-refractivity contribution in [3.05, 3.63) is 53.3 Å². The average molecular weight is 399 g/mol. The molecule has 0 fully saturated rings. The fourth-order valence-corrected chi connectivity index (χ4v) is 3.05. The summed E-state index contributed by atoms with van der Waals surface area (Å²) in [5, 5.41) is 3.14. The summed E-state index contributed by atoms with van der Waals surface area (Å²) in [7, 11) is 2.83. The van der Waals surface area contributed by atoms with Gasteiger partial charge in [0.1, 0.15) is 22.9 Å². The molecule has 3 aromatic rings. The van der Waals surface area contributed by atoms with Crippen LogP contribution in [0.3, 0.4) is 0 Å². The first kappa shape index (κ1) is 20.4. The lowest BCUT2D eigenvalue weighted by atomic mass is 10.0. The summed E-state index contributed by atoms with van der Waals surface area (Å²) in [6.07, 6.45) is -0.146. The summed E-state index contributed by atoms with van der Waals surface area (Å²) >= 11 is 0. The smallest absolute Gasteiger partial charge is 0.310 e. The normalized spacial score (nSPS) is 11.0. The standard InChI is InChI=1S/C22H22FNO5/c1-12(2)28-17-11-16-18(9-14(17)10-19(25)27-4)29-21(20(16)22(26)24-3)13-5-7-15(23)8-6-13/h5-9,11-12H,10H2,1-4H3,(H,24,26). The Morgan fingerprint density at radius 1 is 1.17 bits per heavy atom. The number of fused-ring (bicyclic) bond motifs is 1. The molecule has 0 spiro atoms. The van der Waals surface area contributed by atoms with E-state index in [9.17, 15) is 14.0 Å². The molecule has 6 nitrogen and oxygen atoms in total. The van der Waals surface area contributed by atoms with Gasteiger partial charge in [-0.1, -0.05) is 0 Å². The van der Waals surface area contributed by atoms with E-state index in [0.29, 0.717) is 39.2 Å². The fraction of sp³-hybridized carbons (Fsp3) is 0.273. The molecule has 7 heteroatoms. The maximum atomic E-state index is 13.3. The topological polar surface area (TPSA) is 77.8 Å². The van der Waals surface area contributed by atoms with E-state index in [1.165, 1.54) is 26.3 Å². The van der Waals surface area contributed by atoms with Crippen LogP contribution in [0.5, 0.6) is 5.75 Å². The van der Waals surface area contributed by atoms with Crippen LogP contribution in [0.25, 0.3) is 22.3 Å². The van der Waals surface area contributed by atoms with Crippen LogP contribution in [-0.2, 0) is 16.0 Å². The highest BCUT2D eigenvalue weighted by Gasteiger charge is 2.24. The van der Waals surface area contributed by atoms with E-state index in [-0.39, 0.29) is 24.2 Å². The van der Waals surface area contributed by atoms with Crippen molar-refractivity contribution < 1.29 is 27.9 Å². The fourth-order valence-electron chi connectivity index (χ4n) is 3.05. The molecule has 0 atom stereocenters. The van der Waals surface area contributed by atoms with Gasteiger partial charge >= 0.3 is 5.97 Å². The molecule has 152 valence electrons. The lowest BCUT2D eigenvalue weighted by molar-refractivity contribution is -0.139. The molecular weight excluding hydrogens is 377 g/mol. The van der Waals surface area contributed by atoms with E-state index >= 15 is 0 Å². The molecule has 0 aliphatic rings. The van der Waals surface area contributed by atoms with Gasteiger partial charge in [-0.05, 0) is 50.2 Å². The molecule has 0 aliphatic heterocycles. The molecule has 0 bridgehead atoms. The van der Waals surface area contributed by atoms with E-state index < -0.39 is 5.97 Å². The average Bonchev–Trinajstić information content (AvgIpc) is 3.05. The molecule has 1 amide bonds. The quantitative estimate of drug-likeness (QED) is 0.632. The molecule has 0 saturated carbocycles. The van der Waals surface area contributed by atoms with Crippen molar-refractivity contribution in [3.8, 4) is 17.1 Å². The minimum Gasteiger partial charge on any atom is -0.491 e. The van der Waals surface area contributed by atoms with Gasteiger partial charge in [-0.15, -0.1) is 0 Å². The third-order valence-electron chi connectivity index (χ3n) is 4.36. The van der Waals surface area contributed by atoms with Crippen LogP contribution in [0.2, 0.25) is 0 Å². The largest absolute Gasteiger partial charge is 0.491 e. The minimum absolute atomic E-state index is 0.00359. The molecule has 0 saturated heterocycles. The Labute approximate surface area is 167 Å². The molecular formula is C22H22FNO5. The summed E-state index contributed by atoms with van der Waals surface area (Å²) in [4.78, 5) is 24.5. The van der Waals surface area contributed by atoms with Gasteiger partial charge in [0.05, 0.1) is 25.2 Å². The van der Waals surface area contributed by atoms with Gasteiger partial charge in [0.25, 0.3) is 5.91 Å². The zero-order chi connectivity index (χ0) is 21.1. The van der Waals surface area contributed by atoms with Crippen LogP contribution in [-0.4, -0.2) is 32.1 Å². The van der Waals surface area contributed by atoms with E-state index in [1.54, 1.807) is 24.3 Å². The van der Waals surface area contributed by atoms with Gasteiger partial charge in [0.15, 0.2) is 0 Å². The lowest BCUT2D eigenvalue weighted by Gasteiger charge is -2.14. The van der Waals surface area contributed by atoms with Crippen molar-refractivity contribution >= 4 is 22.8 Å². The van der Waals surface area contributed by atoms with Crippen molar-refractivity contribution in [2.45, 2.75) is 26.4 Å². The van der Waals surface area contributed by atoms with E-state index in [0.717, 1.165) is 0 Å². The number of hydrogen-bond acceptors (Lipinski definition) is 5. The predicted molar refractivity (Wildman–Crippen MR) is 106 cm³/mol. The maximum Gasteiger partial charge on any atom is 0.310 e. The zero-order valence-electron chi connectivity index (χ0n) is 16.7. The highest BCUT2D eigenvalue weighted by atomic mass is 19.1. The van der Waals surface area contributed by atoms with Crippen molar-refractivity contribution in [2.24, 2.45) is 0 Å². The van der Waals surface area contributed by atoms with Crippen LogP contribution in [0.4, 0.5) is 4.39 Å². The van der Waals surface area contributed by atoms with Gasteiger partial charge in [0.2, 0.25) is 0 Å². The highest BCUT2D eigenvalue weighted by molar-refractivity contribution is 6.11. The second-order valence-corrected chi connectivity index (χ2v) is 6.77. The molecule has 0 unspecified atom stereocenters. The van der Waals surface area contributed by atoms with Crippen LogP contribution in [0, 0.1) is 5.82 Å². The Morgan fingerprint density at radius 3 is 2.45 bits per heavy atom. The Hall–Kier alpha value is -3.35. The Morgan fingerprint density at radius 2 is 1.86 bits per heavy atom. The van der Waals surface area contributed by atoms with Crippen LogP contribution in [0.1, 0.15) is 29.8 Å². The Balaban J connectivity index is 2.26. The molecule has 0 radical (unpaired) electrons. The number of methoxy groups -OCH3 is 1. The third kappa shape index (κ3) is 4.23. The first-order chi connectivity index (χ1) is 13.8. The summed E-state index contributed by atoms with van der Waals surface area (Å²) < 4.78 is 30.0. The van der Waals surface area contributed by atoms with Crippen molar-refractivity contribution in [3.63, 3.8) is 0 Å². The van der Waals surface area contributed by atoms with Gasteiger partial charge in [-0.3, -0.25) is 9.59 Å². The number of amides is 1. The van der Waals surface area contributed by atoms with Crippen molar-refractivity contribution in [2.75, 3.05) is 14.2 Å². The number of hydrogen-bond donors (Lipinski definition) is 1. The molecule has 0 aliphatic carbocycles. The van der Waals surface area contributed by atoms with E-state index in [4.69, 9.17) is 13.9 Å². The summed E-state index contributed by atoms with van der Waals surface area (Å²) in [5.74, 6) is -0.381. The van der Waals surface area contributed by atoms with Gasteiger partial charge < -0.3 is 19.2 Å². The Bertz CT molecular complexity index is 1050. The van der Waals surface area contributed by atoms with Crippen molar-refractivity contribution in [1.29, 1.82) is 0 Å². The van der Waals surface area contributed by atoms with Gasteiger partial charge in [-0.2, -0.15) is 0 Å². The zero-order valence-corrected chi connectivity index (χ0v) is 16.7. The van der Waals surface area contributed by atoms with E-state index in [2.05, 4.69) is 5.32 Å². The SMILES string of the molecule is CNC(=O)c1c(-c2ccc(F)cc2)oc2cc(CC(=O)OC)c(OC(C)C)cc12. The van der Waals surface area contributed by atoms with Crippen molar-refractivity contribution in [1.82, 2.24) is 5.32 Å². The first-order valence-electron chi connectivity index (χ1n) is 9.15. The number of rotatable bonds is 6. The number of nitrogens with one attached hydrogen (secondary N) is 1. The molecule has 1 heterocycles. The predicted octanol–water partition coefficient (Wildman–Crippen LogP) is 4.10. The number of carbonyl (C=O) groups is 2. The third-order valence-corrected chi connectivity index (χ3v) is 4.36. The Kier molecular flexibility index (Phi) is 5.87. The highest BCUT2D eigenvalue weighted by Crippen LogP contribution is 2.37. The minimum atomic E-state index is -0.421. The first-order valence-corrected chi connectivity index (χ1v) is 9.15. The number of carbonyl (C=O) groups excluding carboxylic acids is 2. The van der Waals surface area contributed by atoms with Crippen LogP contribution < -0.4 is 10.1 Å². The number of furan rings is 1. The second kappa shape index (κ2) is 8.34. The van der Waals surface area contributed by atoms with Crippen LogP contribution >= 0.6 is 0 Å². The monoisotopic (exact) mass is 399 g/mol. The van der Waals surface area contributed by atoms with Gasteiger partial charge in [-0.25, -0.2) is 4.39 Å². The second-order valence-electron chi connectivity index (χ2n) is 6.77.